The topological polar surface area (TPSA) is 73.8 Å². The van der Waals surface area contributed by atoms with Crippen molar-refractivity contribution in [2.24, 2.45) is 0 Å². The van der Waals surface area contributed by atoms with Crippen LogP contribution in [0.25, 0.3) is 32.5 Å². The lowest BCUT2D eigenvalue weighted by molar-refractivity contribution is 0.759. The van der Waals surface area contributed by atoms with Gasteiger partial charge in [-0.25, -0.2) is 9.97 Å². The molecule has 2 heterocycles. The Balaban J connectivity index is 1.77. The molecule has 0 saturated heterocycles. The smallest absolute Gasteiger partial charge is 0.261 e. The first-order chi connectivity index (χ1) is 13.7. The SMILES string of the molecule is Nc1nc2cc(-c3nc4ccccc4c(=O)n3Cc3ccccc3)ccc2s1. The molecule has 0 spiro atoms. The summed E-state index contributed by atoms with van der Waals surface area (Å²) in [6.45, 7) is 0.448. The predicted octanol–water partition coefficient (Wildman–Crippen LogP) is 4.30. The second kappa shape index (κ2) is 6.58. The summed E-state index contributed by atoms with van der Waals surface area (Å²) < 4.78 is 2.74. The number of anilines is 1. The number of hydrogen-bond donors (Lipinski definition) is 1. The molecule has 5 rings (SSSR count). The lowest BCUT2D eigenvalue weighted by atomic mass is 10.1. The minimum absolute atomic E-state index is 0.0534. The van der Waals surface area contributed by atoms with Crippen molar-refractivity contribution in [1.29, 1.82) is 0 Å². The monoisotopic (exact) mass is 384 g/mol. The Morgan fingerprint density at radius 3 is 2.54 bits per heavy atom. The summed E-state index contributed by atoms with van der Waals surface area (Å²) in [5.74, 6) is 0.626. The van der Waals surface area contributed by atoms with Gasteiger partial charge in [-0.1, -0.05) is 53.8 Å². The van der Waals surface area contributed by atoms with Crippen molar-refractivity contribution in [2.75, 3.05) is 5.73 Å². The average molecular weight is 384 g/mol. The third-order valence-electron chi connectivity index (χ3n) is 4.71. The van der Waals surface area contributed by atoms with Crippen LogP contribution in [0.1, 0.15) is 5.56 Å². The number of nitrogens with zero attached hydrogens (tertiary/aromatic N) is 3. The van der Waals surface area contributed by atoms with Crippen molar-refractivity contribution in [2.45, 2.75) is 6.54 Å². The number of para-hydroxylation sites is 1. The summed E-state index contributed by atoms with van der Waals surface area (Å²) in [4.78, 5) is 22.5. The van der Waals surface area contributed by atoms with E-state index < -0.39 is 0 Å². The zero-order valence-electron chi connectivity index (χ0n) is 14.9. The number of benzene rings is 3. The van der Waals surface area contributed by atoms with Gasteiger partial charge in [0, 0.05) is 5.56 Å². The molecule has 0 aliphatic rings. The highest BCUT2D eigenvalue weighted by molar-refractivity contribution is 7.22. The fraction of sp³-hybridized carbons (Fsp3) is 0.0455. The maximum Gasteiger partial charge on any atom is 0.261 e. The highest BCUT2D eigenvalue weighted by Crippen LogP contribution is 2.28. The highest BCUT2D eigenvalue weighted by Gasteiger charge is 2.14. The fourth-order valence-corrected chi connectivity index (χ4v) is 4.10. The van der Waals surface area contributed by atoms with Gasteiger partial charge in [0.15, 0.2) is 5.13 Å². The number of fused-ring (bicyclic) bond motifs is 2. The van der Waals surface area contributed by atoms with E-state index in [0.29, 0.717) is 28.4 Å². The van der Waals surface area contributed by atoms with E-state index in [-0.39, 0.29) is 5.56 Å². The first-order valence-corrected chi connectivity index (χ1v) is 9.71. The average Bonchev–Trinajstić information content (AvgIpc) is 3.10. The maximum absolute atomic E-state index is 13.3. The molecule has 0 amide bonds. The van der Waals surface area contributed by atoms with E-state index in [1.165, 1.54) is 11.3 Å². The van der Waals surface area contributed by atoms with E-state index >= 15 is 0 Å². The molecule has 6 heteroatoms. The Hall–Kier alpha value is -3.51. The third-order valence-corrected chi connectivity index (χ3v) is 5.57. The molecule has 28 heavy (non-hydrogen) atoms. The third kappa shape index (κ3) is 2.84. The zero-order chi connectivity index (χ0) is 19.1. The van der Waals surface area contributed by atoms with Crippen LogP contribution in [0.5, 0.6) is 0 Å². The van der Waals surface area contributed by atoms with Gasteiger partial charge in [0.05, 0.1) is 27.7 Å². The molecule has 0 saturated carbocycles. The summed E-state index contributed by atoms with van der Waals surface area (Å²) >= 11 is 1.45. The number of rotatable bonds is 3. The second-order valence-corrected chi connectivity index (χ2v) is 7.63. The van der Waals surface area contributed by atoms with Crippen molar-refractivity contribution >= 4 is 37.6 Å². The molecule has 3 aromatic carbocycles. The molecule has 0 unspecified atom stereocenters. The first kappa shape index (κ1) is 16.6. The van der Waals surface area contributed by atoms with Crippen LogP contribution in [0.15, 0.2) is 77.6 Å². The van der Waals surface area contributed by atoms with Crippen molar-refractivity contribution < 1.29 is 0 Å². The van der Waals surface area contributed by atoms with E-state index in [4.69, 9.17) is 10.7 Å². The van der Waals surface area contributed by atoms with Crippen LogP contribution in [-0.2, 0) is 6.54 Å². The number of thiazole rings is 1. The Morgan fingerprint density at radius 2 is 1.68 bits per heavy atom. The normalized spacial score (nSPS) is 11.3. The summed E-state index contributed by atoms with van der Waals surface area (Å²) in [6, 6.07) is 23.3. The van der Waals surface area contributed by atoms with Gasteiger partial charge in [0.25, 0.3) is 5.56 Å². The molecule has 0 atom stereocenters. The molecule has 0 aliphatic carbocycles. The van der Waals surface area contributed by atoms with Gasteiger partial charge >= 0.3 is 0 Å². The quantitative estimate of drug-likeness (QED) is 0.503. The molecule has 0 aliphatic heterocycles. The van der Waals surface area contributed by atoms with E-state index in [0.717, 1.165) is 21.3 Å². The molecule has 0 radical (unpaired) electrons. The minimum Gasteiger partial charge on any atom is -0.375 e. The number of nitrogens with two attached hydrogens (primary N) is 1. The van der Waals surface area contributed by atoms with Gasteiger partial charge in [-0.2, -0.15) is 0 Å². The van der Waals surface area contributed by atoms with Crippen LogP contribution < -0.4 is 11.3 Å². The Labute approximate surface area is 164 Å². The van der Waals surface area contributed by atoms with Crippen LogP contribution in [-0.4, -0.2) is 14.5 Å². The molecule has 0 bridgehead atoms. The van der Waals surface area contributed by atoms with Crippen LogP contribution in [0, 0.1) is 0 Å². The van der Waals surface area contributed by atoms with E-state index in [2.05, 4.69) is 4.98 Å². The van der Waals surface area contributed by atoms with Crippen LogP contribution >= 0.6 is 11.3 Å². The number of aromatic nitrogens is 3. The maximum atomic E-state index is 13.3. The number of nitrogen functional groups attached to an aromatic ring is 1. The summed E-state index contributed by atoms with van der Waals surface area (Å²) in [5.41, 5.74) is 9.18. The van der Waals surface area contributed by atoms with Gasteiger partial charge in [0.2, 0.25) is 0 Å². The zero-order valence-corrected chi connectivity index (χ0v) is 15.7. The lowest BCUT2D eigenvalue weighted by Crippen LogP contribution is -2.24. The van der Waals surface area contributed by atoms with E-state index in [1.54, 1.807) is 4.57 Å². The predicted molar refractivity (Wildman–Crippen MR) is 115 cm³/mol. The summed E-state index contributed by atoms with van der Waals surface area (Å²) in [7, 11) is 0. The van der Waals surface area contributed by atoms with E-state index in [1.807, 2.05) is 72.8 Å². The van der Waals surface area contributed by atoms with Crippen molar-refractivity contribution in [3.8, 4) is 11.4 Å². The van der Waals surface area contributed by atoms with Crippen molar-refractivity contribution in [3.63, 3.8) is 0 Å². The van der Waals surface area contributed by atoms with Gasteiger partial charge in [-0.05, 0) is 35.9 Å². The molecule has 5 aromatic rings. The highest BCUT2D eigenvalue weighted by atomic mass is 32.1. The minimum atomic E-state index is -0.0534. The summed E-state index contributed by atoms with van der Waals surface area (Å²) in [6.07, 6.45) is 0. The van der Waals surface area contributed by atoms with Gasteiger partial charge in [-0.15, -0.1) is 0 Å². The van der Waals surface area contributed by atoms with Crippen molar-refractivity contribution in [3.05, 3.63) is 88.7 Å². The fourth-order valence-electron chi connectivity index (χ4n) is 3.39. The summed E-state index contributed by atoms with van der Waals surface area (Å²) in [5, 5.41) is 1.14. The van der Waals surface area contributed by atoms with Crippen LogP contribution in [0.2, 0.25) is 0 Å². The molecule has 2 aromatic heterocycles. The molecular formula is C22H16N4OS. The molecule has 5 nitrogen and oxygen atoms in total. The van der Waals surface area contributed by atoms with Crippen molar-refractivity contribution in [1.82, 2.24) is 14.5 Å². The Bertz CT molecular complexity index is 1370. The first-order valence-electron chi connectivity index (χ1n) is 8.89. The standard InChI is InChI=1S/C22H16N4OS/c23-22-25-18-12-15(10-11-19(18)28-22)20-24-17-9-5-4-8-16(17)21(27)26(20)13-14-6-2-1-3-7-14/h1-12H,13H2,(H2,23,25). The van der Waals surface area contributed by atoms with E-state index in [9.17, 15) is 4.79 Å². The largest absolute Gasteiger partial charge is 0.375 e. The van der Waals surface area contributed by atoms with Gasteiger partial charge < -0.3 is 5.73 Å². The van der Waals surface area contributed by atoms with Gasteiger partial charge in [0.1, 0.15) is 5.82 Å². The molecule has 2 N–H and O–H groups in total. The van der Waals surface area contributed by atoms with Gasteiger partial charge in [-0.3, -0.25) is 9.36 Å². The molecule has 136 valence electrons. The number of hydrogen-bond acceptors (Lipinski definition) is 5. The van der Waals surface area contributed by atoms with Crippen LogP contribution in [0.3, 0.4) is 0 Å². The van der Waals surface area contributed by atoms with Crippen LogP contribution in [0.4, 0.5) is 5.13 Å². The Morgan fingerprint density at radius 1 is 0.893 bits per heavy atom. The second-order valence-electron chi connectivity index (χ2n) is 6.56. The molecular weight excluding hydrogens is 368 g/mol. The molecule has 0 fully saturated rings. The lowest BCUT2D eigenvalue weighted by Gasteiger charge is -2.14. The Kier molecular flexibility index (Phi) is 3.91.